The minimum atomic E-state index is -0.347. The fraction of sp³-hybridized carbons (Fsp3) is 0.167. The average molecular weight is 354 g/mol. The molecule has 25 heavy (non-hydrogen) atoms. The van der Waals surface area contributed by atoms with E-state index in [0.717, 1.165) is 15.8 Å². The van der Waals surface area contributed by atoms with Crippen LogP contribution < -0.4 is 10.5 Å². The van der Waals surface area contributed by atoms with Gasteiger partial charge in [-0.15, -0.1) is 11.3 Å². The third-order valence-corrected chi connectivity index (χ3v) is 5.29. The fourth-order valence-corrected chi connectivity index (χ4v) is 3.89. The first kappa shape index (κ1) is 15.7. The Balaban J connectivity index is 2.03. The molecule has 0 spiro atoms. The van der Waals surface area contributed by atoms with Gasteiger partial charge in [-0.2, -0.15) is 0 Å². The summed E-state index contributed by atoms with van der Waals surface area (Å²) >= 11 is 1.36. The standard InChI is InChI=1S/C18H15FN4OS/c1-10-4-5-11(6-12(10)19)23-9-21-16-15-13(22(2)3)7-20-8-14(15)25-17(16)18(23)24/h4-9H,1-3H3. The lowest BCUT2D eigenvalue weighted by Gasteiger charge is -2.13. The zero-order valence-electron chi connectivity index (χ0n) is 13.9. The summed E-state index contributed by atoms with van der Waals surface area (Å²) in [6.45, 7) is 1.69. The molecule has 0 aliphatic carbocycles. The average Bonchev–Trinajstić information content (AvgIpc) is 2.97. The van der Waals surface area contributed by atoms with Crippen LogP contribution >= 0.6 is 11.3 Å². The molecule has 0 N–H and O–H groups in total. The van der Waals surface area contributed by atoms with Crippen LogP contribution in [0.3, 0.4) is 0 Å². The number of benzene rings is 1. The van der Waals surface area contributed by atoms with Crippen LogP contribution in [0.2, 0.25) is 0 Å². The van der Waals surface area contributed by atoms with Crippen molar-refractivity contribution in [3.8, 4) is 5.69 Å². The Hall–Kier alpha value is -2.80. The first-order valence-electron chi connectivity index (χ1n) is 7.69. The van der Waals surface area contributed by atoms with E-state index in [-0.39, 0.29) is 11.4 Å². The molecule has 3 heterocycles. The van der Waals surface area contributed by atoms with Gasteiger partial charge in [0.25, 0.3) is 5.56 Å². The van der Waals surface area contributed by atoms with Gasteiger partial charge in [0.1, 0.15) is 16.8 Å². The van der Waals surface area contributed by atoms with Crippen molar-refractivity contribution in [1.82, 2.24) is 14.5 Å². The number of rotatable bonds is 2. The maximum absolute atomic E-state index is 13.9. The van der Waals surface area contributed by atoms with E-state index in [1.165, 1.54) is 28.3 Å². The summed E-state index contributed by atoms with van der Waals surface area (Å²) in [6.07, 6.45) is 4.96. The van der Waals surface area contributed by atoms with Crippen molar-refractivity contribution in [2.75, 3.05) is 19.0 Å². The van der Waals surface area contributed by atoms with Crippen molar-refractivity contribution in [2.45, 2.75) is 6.92 Å². The summed E-state index contributed by atoms with van der Waals surface area (Å²) in [5.41, 5.74) is 2.36. The van der Waals surface area contributed by atoms with E-state index in [1.54, 1.807) is 31.5 Å². The highest BCUT2D eigenvalue weighted by Crippen LogP contribution is 2.35. The normalized spacial score (nSPS) is 11.4. The van der Waals surface area contributed by atoms with Gasteiger partial charge in [-0.3, -0.25) is 14.3 Å². The highest BCUT2D eigenvalue weighted by Gasteiger charge is 2.16. The third kappa shape index (κ3) is 2.39. The Bertz CT molecular complexity index is 1180. The number of anilines is 1. The zero-order chi connectivity index (χ0) is 17.7. The first-order chi connectivity index (χ1) is 12.0. The third-order valence-electron chi connectivity index (χ3n) is 4.19. The Morgan fingerprint density at radius 3 is 2.76 bits per heavy atom. The molecule has 5 nitrogen and oxygen atoms in total. The number of fused-ring (bicyclic) bond motifs is 3. The number of nitrogens with zero attached hydrogens (tertiary/aromatic N) is 4. The number of halogens is 1. The molecule has 0 radical (unpaired) electrons. The van der Waals surface area contributed by atoms with Gasteiger partial charge in [-0.25, -0.2) is 9.37 Å². The summed E-state index contributed by atoms with van der Waals surface area (Å²) < 4.78 is 16.7. The number of aryl methyl sites for hydroxylation is 1. The molecule has 3 aromatic heterocycles. The second-order valence-corrected chi connectivity index (χ2v) is 7.11. The lowest BCUT2D eigenvalue weighted by atomic mass is 10.2. The van der Waals surface area contributed by atoms with Crippen molar-refractivity contribution < 1.29 is 4.39 Å². The largest absolute Gasteiger partial charge is 0.376 e. The molecule has 0 saturated carbocycles. The fourth-order valence-electron chi connectivity index (χ4n) is 2.82. The van der Waals surface area contributed by atoms with E-state index < -0.39 is 0 Å². The van der Waals surface area contributed by atoms with Crippen LogP contribution in [0.1, 0.15) is 5.56 Å². The molecule has 7 heteroatoms. The summed E-state index contributed by atoms with van der Waals surface area (Å²) in [6, 6.07) is 4.72. The molecule has 0 aliphatic heterocycles. The van der Waals surface area contributed by atoms with Crippen molar-refractivity contribution in [3.05, 3.63) is 58.7 Å². The molecule has 0 unspecified atom stereocenters. The molecule has 0 atom stereocenters. The molecule has 4 rings (SSSR count). The lowest BCUT2D eigenvalue weighted by Crippen LogP contribution is -2.18. The van der Waals surface area contributed by atoms with Crippen molar-refractivity contribution in [3.63, 3.8) is 0 Å². The van der Waals surface area contributed by atoms with Crippen molar-refractivity contribution in [2.24, 2.45) is 0 Å². The first-order valence-corrected chi connectivity index (χ1v) is 8.50. The van der Waals surface area contributed by atoms with Crippen LogP contribution in [0, 0.1) is 12.7 Å². The number of hydrogen-bond acceptors (Lipinski definition) is 5. The number of hydrogen-bond donors (Lipinski definition) is 0. The smallest absolute Gasteiger partial charge is 0.275 e. The molecular weight excluding hydrogens is 339 g/mol. The van der Waals surface area contributed by atoms with Gasteiger partial charge in [0.05, 0.1) is 27.8 Å². The maximum Gasteiger partial charge on any atom is 0.275 e. The summed E-state index contributed by atoms with van der Waals surface area (Å²) in [4.78, 5) is 23.6. The second-order valence-electron chi connectivity index (χ2n) is 6.06. The van der Waals surface area contributed by atoms with Crippen molar-refractivity contribution in [1.29, 1.82) is 0 Å². The lowest BCUT2D eigenvalue weighted by molar-refractivity contribution is 0.617. The molecular formula is C18H15FN4OS. The molecule has 0 bridgehead atoms. The summed E-state index contributed by atoms with van der Waals surface area (Å²) in [5, 5.41) is 0.916. The van der Waals surface area contributed by atoms with Crippen LogP contribution in [-0.4, -0.2) is 28.6 Å². The molecule has 0 amide bonds. The molecule has 1 aromatic carbocycles. The van der Waals surface area contributed by atoms with Crippen LogP contribution in [0.25, 0.3) is 26.0 Å². The van der Waals surface area contributed by atoms with E-state index in [1.807, 2.05) is 19.0 Å². The van der Waals surface area contributed by atoms with Gasteiger partial charge in [-0.05, 0) is 24.6 Å². The van der Waals surface area contributed by atoms with Crippen molar-refractivity contribution >= 4 is 37.3 Å². The zero-order valence-corrected chi connectivity index (χ0v) is 14.8. The van der Waals surface area contributed by atoms with E-state index >= 15 is 0 Å². The SMILES string of the molecule is Cc1ccc(-n2cnc3c(sc4cncc(N(C)C)c43)c2=O)cc1F. The van der Waals surface area contributed by atoms with Gasteiger partial charge < -0.3 is 4.90 Å². The van der Waals surface area contributed by atoms with Gasteiger partial charge in [0.15, 0.2) is 0 Å². The van der Waals surface area contributed by atoms with E-state index in [2.05, 4.69) is 9.97 Å². The van der Waals surface area contributed by atoms with Gasteiger partial charge >= 0.3 is 0 Å². The molecule has 126 valence electrons. The summed E-state index contributed by atoms with van der Waals surface area (Å²) in [5.74, 6) is -0.347. The highest BCUT2D eigenvalue weighted by atomic mass is 32.1. The predicted octanol–water partition coefficient (Wildman–Crippen LogP) is 3.51. The molecule has 0 saturated heterocycles. The predicted molar refractivity (Wildman–Crippen MR) is 99.5 cm³/mol. The quantitative estimate of drug-likeness (QED) is 0.553. The maximum atomic E-state index is 13.9. The topological polar surface area (TPSA) is 51.0 Å². The molecule has 0 aliphatic rings. The van der Waals surface area contributed by atoms with Gasteiger partial charge in [0.2, 0.25) is 0 Å². The Kier molecular flexibility index (Phi) is 3.54. The van der Waals surface area contributed by atoms with Crippen LogP contribution in [0.15, 0.2) is 41.7 Å². The van der Waals surface area contributed by atoms with Gasteiger partial charge in [-0.1, -0.05) is 6.07 Å². The number of aromatic nitrogens is 3. The molecule has 4 aromatic rings. The minimum Gasteiger partial charge on any atom is -0.376 e. The molecule has 0 fully saturated rings. The highest BCUT2D eigenvalue weighted by molar-refractivity contribution is 7.25. The van der Waals surface area contributed by atoms with Crippen LogP contribution in [-0.2, 0) is 0 Å². The van der Waals surface area contributed by atoms with E-state index in [4.69, 9.17) is 0 Å². The number of pyridine rings is 1. The van der Waals surface area contributed by atoms with Gasteiger partial charge in [0, 0.05) is 25.7 Å². The Labute approximate surface area is 147 Å². The van der Waals surface area contributed by atoms with Crippen LogP contribution in [0.4, 0.5) is 10.1 Å². The minimum absolute atomic E-state index is 0.209. The Morgan fingerprint density at radius 2 is 2.04 bits per heavy atom. The Morgan fingerprint density at radius 1 is 1.24 bits per heavy atom. The number of thiophene rings is 1. The van der Waals surface area contributed by atoms with Crippen LogP contribution in [0.5, 0.6) is 0 Å². The summed E-state index contributed by atoms with van der Waals surface area (Å²) in [7, 11) is 3.85. The van der Waals surface area contributed by atoms with E-state index in [9.17, 15) is 9.18 Å². The second kappa shape index (κ2) is 5.63. The monoisotopic (exact) mass is 354 g/mol. The van der Waals surface area contributed by atoms with E-state index in [0.29, 0.717) is 21.5 Å².